The Morgan fingerprint density at radius 1 is 1.53 bits per heavy atom. The highest BCUT2D eigenvalue weighted by atomic mass is 79.9. The molecule has 0 saturated carbocycles. The van der Waals surface area contributed by atoms with Gasteiger partial charge in [0.15, 0.2) is 0 Å². The minimum atomic E-state index is -0.846. The standard InChI is InChI=1S/C10H11BrFNO2/c11-10-7(2-1-3-8(10)12)6-13-5-4-9(14)15/h1-3,13H,4-6H2,(H,14,15). The predicted octanol–water partition coefficient (Wildman–Crippen LogP) is 2.15. The summed E-state index contributed by atoms with van der Waals surface area (Å²) in [5, 5.41) is 11.3. The van der Waals surface area contributed by atoms with E-state index in [1.54, 1.807) is 12.1 Å². The molecule has 0 bridgehead atoms. The largest absolute Gasteiger partial charge is 0.481 e. The Kier molecular flexibility index (Phi) is 4.71. The zero-order chi connectivity index (χ0) is 11.3. The van der Waals surface area contributed by atoms with Gasteiger partial charge in [0.2, 0.25) is 0 Å². The van der Waals surface area contributed by atoms with Crippen LogP contribution in [0.15, 0.2) is 22.7 Å². The monoisotopic (exact) mass is 275 g/mol. The minimum absolute atomic E-state index is 0.0624. The highest BCUT2D eigenvalue weighted by molar-refractivity contribution is 9.10. The van der Waals surface area contributed by atoms with Gasteiger partial charge < -0.3 is 10.4 Å². The molecule has 2 N–H and O–H groups in total. The lowest BCUT2D eigenvalue weighted by molar-refractivity contribution is -0.136. The molecule has 1 aromatic rings. The number of carbonyl (C=O) groups is 1. The lowest BCUT2D eigenvalue weighted by Gasteiger charge is -2.06. The smallest absolute Gasteiger partial charge is 0.304 e. The molecule has 0 aliphatic rings. The molecule has 0 aromatic heterocycles. The maximum atomic E-state index is 13.0. The Balaban J connectivity index is 2.44. The molecule has 1 aromatic carbocycles. The van der Waals surface area contributed by atoms with E-state index in [-0.39, 0.29) is 12.2 Å². The van der Waals surface area contributed by atoms with Gasteiger partial charge in [-0.05, 0) is 27.6 Å². The van der Waals surface area contributed by atoms with Crippen molar-refractivity contribution in [1.29, 1.82) is 0 Å². The molecule has 0 aliphatic carbocycles. The highest BCUT2D eigenvalue weighted by Crippen LogP contribution is 2.19. The van der Waals surface area contributed by atoms with Crippen LogP contribution in [0.5, 0.6) is 0 Å². The molecule has 1 rings (SSSR count). The molecule has 0 radical (unpaired) electrons. The fourth-order valence-electron chi connectivity index (χ4n) is 1.10. The molecule has 0 amide bonds. The van der Waals surface area contributed by atoms with Gasteiger partial charge in [-0.3, -0.25) is 4.79 Å². The van der Waals surface area contributed by atoms with Crippen LogP contribution in [-0.4, -0.2) is 17.6 Å². The molecule has 0 aliphatic heterocycles. The molecule has 0 spiro atoms. The number of halogens is 2. The van der Waals surface area contributed by atoms with E-state index in [9.17, 15) is 9.18 Å². The summed E-state index contributed by atoms with van der Waals surface area (Å²) < 4.78 is 13.5. The molecule has 5 heteroatoms. The number of carboxylic acids is 1. The first-order valence-electron chi connectivity index (χ1n) is 4.46. The molecular formula is C10H11BrFNO2. The quantitative estimate of drug-likeness (QED) is 0.810. The first kappa shape index (κ1) is 12.1. The van der Waals surface area contributed by atoms with Crippen molar-refractivity contribution in [3.8, 4) is 0 Å². The fraction of sp³-hybridized carbons (Fsp3) is 0.300. The Bertz CT molecular complexity index is 357. The van der Waals surface area contributed by atoms with Crippen molar-refractivity contribution in [2.75, 3.05) is 6.54 Å². The van der Waals surface area contributed by atoms with Crippen LogP contribution in [0.25, 0.3) is 0 Å². The van der Waals surface area contributed by atoms with E-state index >= 15 is 0 Å². The zero-order valence-electron chi connectivity index (χ0n) is 7.96. The molecule has 82 valence electrons. The molecule has 0 fully saturated rings. The van der Waals surface area contributed by atoms with E-state index in [1.165, 1.54) is 6.07 Å². The number of benzene rings is 1. The highest BCUT2D eigenvalue weighted by Gasteiger charge is 2.04. The third-order valence-electron chi connectivity index (χ3n) is 1.86. The van der Waals surface area contributed by atoms with E-state index < -0.39 is 5.97 Å². The number of hydrogen-bond donors (Lipinski definition) is 2. The first-order chi connectivity index (χ1) is 7.11. The van der Waals surface area contributed by atoms with Gasteiger partial charge in [-0.1, -0.05) is 12.1 Å². The second kappa shape index (κ2) is 5.82. The molecule has 15 heavy (non-hydrogen) atoms. The van der Waals surface area contributed by atoms with Gasteiger partial charge in [-0.15, -0.1) is 0 Å². The van der Waals surface area contributed by atoms with Gasteiger partial charge in [0, 0.05) is 13.1 Å². The Morgan fingerprint density at radius 2 is 2.27 bits per heavy atom. The van der Waals surface area contributed by atoms with E-state index in [2.05, 4.69) is 21.2 Å². The Morgan fingerprint density at radius 3 is 2.93 bits per heavy atom. The molecule has 3 nitrogen and oxygen atoms in total. The summed E-state index contributed by atoms with van der Waals surface area (Å²) in [4.78, 5) is 10.2. The average molecular weight is 276 g/mol. The maximum absolute atomic E-state index is 13.0. The number of aliphatic carboxylic acids is 1. The molecule has 0 heterocycles. The van der Waals surface area contributed by atoms with Crippen LogP contribution in [-0.2, 0) is 11.3 Å². The van der Waals surface area contributed by atoms with Gasteiger partial charge in [-0.2, -0.15) is 0 Å². The van der Waals surface area contributed by atoms with Crippen LogP contribution in [0.2, 0.25) is 0 Å². The van der Waals surface area contributed by atoms with Crippen molar-refractivity contribution in [2.45, 2.75) is 13.0 Å². The zero-order valence-corrected chi connectivity index (χ0v) is 9.55. The lowest BCUT2D eigenvalue weighted by Crippen LogP contribution is -2.17. The second-order valence-corrected chi connectivity index (χ2v) is 3.83. The minimum Gasteiger partial charge on any atom is -0.481 e. The van der Waals surface area contributed by atoms with E-state index in [0.29, 0.717) is 17.6 Å². The third kappa shape index (κ3) is 3.97. The van der Waals surface area contributed by atoms with Crippen LogP contribution in [0, 0.1) is 5.82 Å². The van der Waals surface area contributed by atoms with E-state index in [0.717, 1.165) is 5.56 Å². The lowest BCUT2D eigenvalue weighted by atomic mass is 10.2. The molecular weight excluding hydrogens is 265 g/mol. The van der Waals surface area contributed by atoms with Crippen molar-refractivity contribution in [3.63, 3.8) is 0 Å². The van der Waals surface area contributed by atoms with Gasteiger partial charge in [-0.25, -0.2) is 4.39 Å². The van der Waals surface area contributed by atoms with Crippen LogP contribution < -0.4 is 5.32 Å². The SMILES string of the molecule is O=C(O)CCNCc1cccc(F)c1Br. The van der Waals surface area contributed by atoms with Crippen molar-refractivity contribution < 1.29 is 14.3 Å². The molecule has 0 saturated heterocycles. The average Bonchev–Trinajstić information content (AvgIpc) is 2.18. The number of rotatable bonds is 5. The fourth-order valence-corrected chi connectivity index (χ4v) is 1.51. The van der Waals surface area contributed by atoms with E-state index in [4.69, 9.17) is 5.11 Å². The van der Waals surface area contributed by atoms with Crippen molar-refractivity contribution in [3.05, 3.63) is 34.1 Å². The number of nitrogens with one attached hydrogen (secondary N) is 1. The predicted molar refractivity (Wildman–Crippen MR) is 58.1 cm³/mol. The summed E-state index contributed by atoms with van der Waals surface area (Å²) in [5.41, 5.74) is 0.778. The van der Waals surface area contributed by atoms with Crippen molar-refractivity contribution in [2.24, 2.45) is 0 Å². The second-order valence-electron chi connectivity index (χ2n) is 3.03. The van der Waals surface area contributed by atoms with Crippen molar-refractivity contribution in [1.82, 2.24) is 5.32 Å². The molecule has 0 unspecified atom stereocenters. The van der Waals surface area contributed by atoms with Crippen LogP contribution in [0.1, 0.15) is 12.0 Å². The van der Waals surface area contributed by atoms with Gasteiger partial charge in [0.05, 0.1) is 10.9 Å². The van der Waals surface area contributed by atoms with Crippen LogP contribution in [0.3, 0.4) is 0 Å². The first-order valence-corrected chi connectivity index (χ1v) is 5.26. The summed E-state index contributed by atoms with van der Waals surface area (Å²) in [7, 11) is 0. The third-order valence-corrected chi connectivity index (χ3v) is 2.75. The topological polar surface area (TPSA) is 49.3 Å². The number of hydrogen-bond acceptors (Lipinski definition) is 2. The summed E-state index contributed by atoms with van der Waals surface area (Å²) in [6.07, 6.45) is 0.0624. The summed E-state index contributed by atoms with van der Waals surface area (Å²) in [5.74, 6) is -1.16. The van der Waals surface area contributed by atoms with Crippen LogP contribution in [0.4, 0.5) is 4.39 Å². The summed E-state index contributed by atoms with van der Waals surface area (Å²) >= 11 is 3.13. The van der Waals surface area contributed by atoms with Crippen molar-refractivity contribution >= 4 is 21.9 Å². The maximum Gasteiger partial charge on any atom is 0.304 e. The normalized spacial score (nSPS) is 10.3. The van der Waals surface area contributed by atoms with Gasteiger partial charge in [0.25, 0.3) is 0 Å². The molecule has 0 atom stereocenters. The number of carboxylic acid groups (broad SMARTS) is 1. The Labute approximate surface area is 95.4 Å². The summed E-state index contributed by atoms with van der Waals surface area (Å²) in [6, 6.07) is 4.76. The van der Waals surface area contributed by atoms with Gasteiger partial charge in [0.1, 0.15) is 5.82 Å². The summed E-state index contributed by atoms with van der Waals surface area (Å²) in [6.45, 7) is 0.823. The van der Waals surface area contributed by atoms with Gasteiger partial charge >= 0.3 is 5.97 Å². The Hall–Kier alpha value is -0.940. The van der Waals surface area contributed by atoms with E-state index in [1.807, 2.05) is 0 Å². The van der Waals surface area contributed by atoms with Crippen LogP contribution >= 0.6 is 15.9 Å².